The van der Waals surface area contributed by atoms with Gasteiger partial charge in [-0.1, -0.05) is 23.7 Å². The Labute approximate surface area is 210 Å². The number of likely N-dealkylation sites (tertiary alicyclic amines) is 1. The molecule has 0 radical (unpaired) electrons. The number of amides is 1. The summed E-state index contributed by atoms with van der Waals surface area (Å²) in [5, 5.41) is 14.5. The summed E-state index contributed by atoms with van der Waals surface area (Å²) in [4.78, 5) is 15.1. The molecule has 3 aromatic rings. The number of hydrogen-bond acceptors (Lipinski definition) is 7. The number of piperidine rings is 1. The Morgan fingerprint density at radius 3 is 2.58 bits per heavy atom. The predicted octanol–water partition coefficient (Wildman–Crippen LogP) is 5.35. The van der Waals surface area contributed by atoms with E-state index in [-0.39, 0.29) is 5.56 Å². The quantitative estimate of drug-likeness (QED) is 0.459. The second kappa shape index (κ2) is 11.1. The van der Waals surface area contributed by atoms with Gasteiger partial charge in [-0.25, -0.2) is 4.39 Å². The highest BCUT2D eigenvalue weighted by atomic mass is 19.1. The molecule has 0 atom stereocenters. The Hall–Kier alpha value is -3.46. The molecule has 2 fully saturated rings. The third-order valence-electron chi connectivity index (χ3n) is 7.16. The highest BCUT2D eigenvalue weighted by Crippen LogP contribution is 2.33. The topological polar surface area (TPSA) is 92.5 Å². The zero-order valence-electron chi connectivity index (χ0n) is 20.5. The largest absolute Gasteiger partial charge is 0.496 e. The number of carbonyl (C=O) groups excluding carboxylic acids is 1. The number of carbonyl (C=O) groups is 1. The van der Waals surface area contributed by atoms with Crippen molar-refractivity contribution in [1.29, 1.82) is 0 Å². The lowest BCUT2D eigenvalue weighted by atomic mass is 9.89. The van der Waals surface area contributed by atoms with E-state index in [1.165, 1.54) is 70.5 Å². The molecule has 0 bridgehead atoms. The van der Waals surface area contributed by atoms with Gasteiger partial charge in [0.2, 0.25) is 0 Å². The lowest BCUT2D eigenvalue weighted by Crippen LogP contribution is -2.43. The van der Waals surface area contributed by atoms with Gasteiger partial charge in [0.05, 0.1) is 18.2 Å². The first kappa shape index (κ1) is 24.2. The van der Waals surface area contributed by atoms with Crippen LogP contribution in [0.25, 0.3) is 11.5 Å². The van der Waals surface area contributed by atoms with Gasteiger partial charge in [0.15, 0.2) is 0 Å². The zero-order valence-corrected chi connectivity index (χ0v) is 20.5. The Morgan fingerprint density at radius 2 is 1.83 bits per heavy atom. The van der Waals surface area contributed by atoms with Crippen LogP contribution < -0.4 is 15.4 Å². The Morgan fingerprint density at radius 1 is 1.06 bits per heavy atom. The maximum absolute atomic E-state index is 13.9. The minimum Gasteiger partial charge on any atom is -0.496 e. The summed E-state index contributed by atoms with van der Waals surface area (Å²) in [6.45, 7) is 2.48. The molecule has 0 unspecified atom stereocenters. The SMILES string of the molecule is COc1cc(NC(=O)c2ccccc2F)ccc1-c1nnc(NC2CCC(N3CCCCC3)CC2)o1. The molecule has 8 nitrogen and oxygen atoms in total. The van der Waals surface area contributed by atoms with E-state index in [0.717, 1.165) is 12.8 Å². The van der Waals surface area contributed by atoms with Gasteiger partial charge in [-0.05, 0) is 75.9 Å². The minimum absolute atomic E-state index is 0.0295. The van der Waals surface area contributed by atoms with Crippen molar-refractivity contribution in [3.8, 4) is 17.2 Å². The molecule has 1 saturated heterocycles. The predicted molar refractivity (Wildman–Crippen MR) is 136 cm³/mol. The molecule has 9 heteroatoms. The molecule has 2 N–H and O–H groups in total. The first-order valence-corrected chi connectivity index (χ1v) is 12.7. The molecule has 1 aromatic heterocycles. The molecule has 5 rings (SSSR count). The van der Waals surface area contributed by atoms with E-state index in [9.17, 15) is 9.18 Å². The number of ether oxygens (including phenoxy) is 1. The van der Waals surface area contributed by atoms with E-state index >= 15 is 0 Å². The summed E-state index contributed by atoms with van der Waals surface area (Å²) < 4.78 is 25.3. The fraction of sp³-hybridized carbons (Fsp3) is 0.444. The fourth-order valence-electron chi connectivity index (χ4n) is 5.22. The minimum atomic E-state index is -0.579. The van der Waals surface area contributed by atoms with E-state index in [2.05, 4.69) is 25.7 Å². The van der Waals surface area contributed by atoms with Crippen molar-refractivity contribution in [3.63, 3.8) is 0 Å². The van der Waals surface area contributed by atoms with Crippen LogP contribution in [0.2, 0.25) is 0 Å². The second-order valence-electron chi connectivity index (χ2n) is 9.51. The number of anilines is 2. The Bertz CT molecular complexity index is 1190. The van der Waals surface area contributed by atoms with Crippen molar-refractivity contribution >= 4 is 17.6 Å². The maximum Gasteiger partial charge on any atom is 0.315 e. The molecule has 1 saturated carbocycles. The van der Waals surface area contributed by atoms with E-state index in [1.807, 2.05) is 0 Å². The summed E-state index contributed by atoms with van der Waals surface area (Å²) in [7, 11) is 1.53. The molecular weight excluding hydrogens is 461 g/mol. The van der Waals surface area contributed by atoms with Crippen LogP contribution in [0.3, 0.4) is 0 Å². The molecule has 1 aliphatic heterocycles. The van der Waals surface area contributed by atoms with Crippen LogP contribution in [-0.2, 0) is 0 Å². The third-order valence-corrected chi connectivity index (χ3v) is 7.16. The summed E-state index contributed by atoms with van der Waals surface area (Å²) in [5.41, 5.74) is 1.04. The number of nitrogens with zero attached hydrogens (tertiary/aromatic N) is 3. The van der Waals surface area contributed by atoms with E-state index in [1.54, 1.807) is 24.3 Å². The summed E-state index contributed by atoms with van der Waals surface area (Å²) >= 11 is 0. The van der Waals surface area contributed by atoms with Gasteiger partial charge in [-0.15, -0.1) is 5.10 Å². The lowest BCUT2D eigenvalue weighted by molar-refractivity contribution is 0.102. The second-order valence-corrected chi connectivity index (χ2v) is 9.51. The van der Waals surface area contributed by atoms with E-state index < -0.39 is 11.7 Å². The molecule has 190 valence electrons. The molecular formula is C27H32FN5O3. The van der Waals surface area contributed by atoms with E-state index in [4.69, 9.17) is 9.15 Å². The third kappa shape index (κ3) is 5.51. The molecule has 1 aliphatic carbocycles. The molecule has 1 amide bonds. The van der Waals surface area contributed by atoms with Gasteiger partial charge in [0, 0.05) is 23.8 Å². The average molecular weight is 494 g/mol. The highest BCUT2D eigenvalue weighted by Gasteiger charge is 2.27. The lowest BCUT2D eigenvalue weighted by Gasteiger charge is -2.38. The van der Waals surface area contributed by atoms with Gasteiger partial charge in [0.25, 0.3) is 11.8 Å². The number of halogens is 1. The molecule has 36 heavy (non-hydrogen) atoms. The van der Waals surface area contributed by atoms with Gasteiger partial charge in [-0.2, -0.15) is 0 Å². The van der Waals surface area contributed by atoms with Crippen LogP contribution in [0.4, 0.5) is 16.1 Å². The fourth-order valence-corrected chi connectivity index (χ4v) is 5.22. The van der Waals surface area contributed by atoms with Crippen LogP contribution >= 0.6 is 0 Å². The number of rotatable bonds is 7. The summed E-state index contributed by atoms with van der Waals surface area (Å²) in [6.07, 6.45) is 8.55. The number of hydrogen-bond donors (Lipinski definition) is 2. The summed E-state index contributed by atoms with van der Waals surface area (Å²) in [6, 6.07) is 12.3. The molecule has 2 heterocycles. The van der Waals surface area contributed by atoms with Crippen molar-refractivity contribution in [2.45, 2.75) is 57.0 Å². The van der Waals surface area contributed by atoms with Gasteiger partial charge in [-0.3, -0.25) is 4.79 Å². The van der Waals surface area contributed by atoms with Crippen LogP contribution in [0.5, 0.6) is 5.75 Å². The van der Waals surface area contributed by atoms with Gasteiger partial charge < -0.3 is 24.7 Å². The Balaban J connectivity index is 1.21. The van der Waals surface area contributed by atoms with Crippen molar-refractivity contribution in [1.82, 2.24) is 15.1 Å². The normalized spacial score (nSPS) is 20.6. The maximum atomic E-state index is 13.9. The Kier molecular flexibility index (Phi) is 7.46. The van der Waals surface area contributed by atoms with Crippen LogP contribution in [0.1, 0.15) is 55.3 Å². The molecule has 2 aromatic carbocycles. The zero-order chi connectivity index (χ0) is 24.9. The average Bonchev–Trinajstić information content (AvgIpc) is 3.38. The monoisotopic (exact) mass is 493 g/mol. The number of nitrogens with one attached hydrogen (secondary N) is 2. The van der Waals surface area contributed by atoms with Crippen LogP contribution in [-0.4, -0.2) is 53.3 Å². The van der Waals surface area contributed by atoms with Crippen LogP contribution in [0.15, 0.2) is 46.9 Å². The number of methoxy groups -OCH3 is 1. The molecule has 2 aliphatic rings. The van der Waals surface area contributed by atoms with Crippen molar-refractivity contribution in [2.75, 3.05) is 30.8 Å². The van der Waals surface area contributed by atoms with Crippen molar-refractivity contribution in [2.24, 2.45) is 0 Å². The standard InChI is InChI=1S/C27H32FN5O3/c1-35-24-17-19(29-25(34)21-7-3-4-8-23(21)28)11-14-22(24)26-31-32-27(36-26)30-18-9-12-20(13-10-18)33-15-5-2-6-16-33/h3-4,7-8,11,14,17-18,20H,2,5-6,9-10,12-13,15-16H2,1H3,(H,29,34)(H,30,32). The van der Waals surface area contributed by atoms with Crippen molar-refractivity contribution < 1.29 is 18.3 Å². The first-order chi connectivity index (χ1) is 17.6. The van der Waals surface area contributed by atoms with Gasteiger partial charge >= 0.3 is 6.01 Å². The smallest absolute Gasteiger partial charge is 0.315 e. The first-order valence-electron chi connectivity index (χ1n) is 12.7. The van der Waals surface area contributed by atoms with Crippen LogP contribution in [0, 0.1) is 5.82 Å². The van der Waals surface area contributed by atoms with E-state index in [0.29, 0.717) is 41.0 Å². The van der Waals surface area contributed by atoms with Gasteiger partial charge in [0.1, 0.15) is 11.6 Å². The summed E-state index contributed by atoms with van der Waals surface area (Å²) in [5.74, 6) is -0.339. The van der Waals surface area contributed by atoms with Crippen molar-refractivity contribution in [3.05, 3.63) is 53.8 Å². The number of aromatic nitrogens is 2. The highest BCUT2D eigenvalue weighted by molar-refractivity contribution is 6.04. The number of benzene rings is 2. The molecule has 0 spiro atoms.